The lowest BCUT2D eigenvalue weighted by molar-refractivity contribution is 0.206. The summed E-state index contributed by atoms with van der Waals surface area (Å²) in [5.41, 5.74) is 0. The predicted molar refractivity (Wildman–Crippen MR) is 46.6 cm³/mol. The molecule has 2 heteroatoms. The van der Waals surface area contributed by atoms with Crippen LogP contribution in [0, 0.1) is 23.7 Å². The van der Waals surface area contributed by atoms with E-state index in [1.54, 1.807) is 0 Å². The maximum absolute atomic E-state index is 9.15. The number of nitrogens with one attached hydrogen (secondary N) is 1. The minimum atomic E-state index is 0.318. The summed E-state index contributed by atoms with van der Waals surface area (Å²) in [5, 5.41) is 12.6. The summed E-state index contributed by atoms with van der Waals surface area (Å²) >= 11 is 0. The van der Waals surface area contributed by atoms with Gasteiger partial charge >= 0.3 is 0 Å². The molecule has 12 heavy (non-hydrogen) atoms. The lowest BCUT2D eigenvalue weighted by Gasteiger charge is -2.23. The molecule has 0 radical (unpaired) electrons. The molecule has 0 aromatic heterocycles. The van der Waals surface area contributed by atoms with Crippen molar-refractivity contribution in [3.8, 4) is 0 Å². The van der Waals surface area contributed by atoms with Gasteiger partial charge in [-0.3, -0.25) is 0 Å². The fraction of sp³-hybridized carbons (Fsp3) is 0.800. The van der Waals surface area contributed by atoms with Crippen LogP contribution < -0.4 is 5.32 Å². The van der Waals surface area contributed by atoms with Crippen LogP contribution in [-0.2, 0) is 0 Å². The number of aliphatic hydroxyl groups is 1. The van der Waals surface area contributed by atoms with Crippen LogP contribution >= 0.6 is 0 Å². The first kappa shape index (κ1) is 7.10. The Labute approximate surface area is 72.7 Å². The second-order valence-corrected chi connectivity index (χ2v) is 4.39. The molecule has 1 saturated carbocycles. The van der Waals surface area contributed by atoms with Gasteiger partial charge in [0.05, 0.1) is 6.61 Å². The van der Waals surface area contributed by atoms with Crippen molar-refractivity contribution in [3.63, 3.8) is 0 Å². The van der Waals surface area contributed by atoms with Crippen LogP contribution in [0.3, 0.4) is 0 Å². The quantitative estimate of drug-likeness (QED) is 0.551. The van der Waals surface area contributed by atoms with E-state index in [1.807, 2.05) is 0 Å². The Morgan fingerprint density at radius 1 is 1.33 bits per heavy atom. The molecule has 0 unspecified atom stereocenters. The van der Waals surface area contributed by atoms with Crippen LogP contribution in [0.1, 0.15) is 6.42 Å². The molecular formula is C10H15NO. The molecule has 66 valence electrons. The Kier molecular flexibility index (Phi) is 1.38. The van der Waals surface area contributed by atoms with E-state index < -0.39 is 0 Å². The first-order valence-corrected chi connectivity index (χ1v) is 4.92. The van der Waals surface area contributed by atoms with Crippen LogP contribution in [-0.4, -0.2) is 24.3 Å². The van der Waals surface area contributed by atoms with Crippen molar-refractivity contribution >= 4 is 0 Å². The van der Waals surface area contributed by atoms with Gasteiger partial charge in [-0.1, -0.05) is 12.2 Å². The van der Waals surface area contributed by atoms with E-state index >= 15 is 0 Å². The van der Waals surface area contributed by atoms with Crippen molar-refractivity contribution in [1.82, 2.24) is 5.32 Å². The van der Waals surface area contributed by atoms with Crippen LogP contribution in [0.4, 0.5) is 0 Å². The van der Waals surface area contributed by atoms with Gasteiger partial charge in [-0.25, -0.2) is 0 Å². The summed E-state index contributed by atoms with van der Waals surface area (Å²) in [7, 11) is 0. The molecule has 1 heterocycles. The van der Waals surface area contributed by atoms with E-state index in [9.17, 15) is 0 Å². The molecule has 1 aliphatic heterocycles. The Bertz CT molecular complexity index is 226. The Hall–Kier alpha value is -0.340. The Morgan fingerprint density at radius 2 is 2.17 bits per heavy atom. The van der Waals surface area contributed by atoms with E-state index in [-0.39, 0.29) is 0 Å². The number of aliphatic hydroxyl groups excluding tert-OH is 1. The molecular weight excluding hydrogens is 150 g/mol. The smallest absolute Gasteiger partial charge is 0.0587 e. The van der Waals surface area contributed by atoms with Crippen molar-refractivity contribution < 1.29 is 5.11 Å². The van der Waals surface area contributed by atoms with E-state index in [2.05, 4.69) is 17.5 Å². The fourth-order valence-electron chi connectivity index (χ4n) is 3.46. The van der Waals surface area contributed by atoms with Crippen LogP contribution in [0.5, 0.6) is 0 Å². The molecule has 0 spiro atoms. The maximum Gasteiger partial charge on any atom is 0.0587 e. The average Bonchev–Trinajstić information content (AvgIpc) is 2.76. The van der Waals surface area contributed by atoms with E-state index in [1.165, 1.54) is 6.42 Å². The molecule has 0 aromatic carbocycles. The Balaban J connectivity index is 1.89. The molecule has 2 fully saturated rings. The minimum absolute atomic E-state index is 0.318. The van der Waals surface area contributed by atoms with Crippen molar-refractivity contribution in [2.75, 3.05) is 13.2 Å². The molecule has 3 aliphatic rings. The van der Waals surface area contributed by atoms with Crippen molar-refractivity contribution in [1.29, 1.82) is 0 Å². The van der Waals surface area contributed by atoms with Gasteiger partial charge in [0.25, 0.3) is 0 Å². The van der Waals surface area contributed by atoms with E-state index in [0.29, 0.717) is 12.6 Å². The summed E-state index contributed by atoms with van der Waals surface area (Å²) in [6.45, 7) is 1.44. The predicted octanol–water partition coefficient (Wildman–Crippen LogP) is 0.389. The van der Waals surface area contributed by atoms with Gasteiger partial charge in [0.1, 0.15) is 0 Å². The number of allylic oxidation sites excluding steroid dienone is 2. The monoisotopic (exact) mass is 165 g/mol. The average molecular weight is 165 g/mol. The second-order valence-electron chi connectivity index (χ2n) is 4.39. The van der Waals surface area contributed by atoms with Crippen molar-refractivity contribution in [2.24, 2.45) is 23.7 Å². The van der Waals surface area contributed by atoms with Gasteiger partial charge in [0.2, 0.25) is 0 Å². The third-order valence-electron chi connectivity index (χ3n) is 3.97. The molecule has 0 amide bonds. The molecule has 1 saturated heterocycles. The summed E-state index contributed by atoms with van der Waals surface area (Å²) in [4.78, 5) is 0. The maximum atomic E-state index is 9.15. The zero-order valence-electron chi connectivity index (χ0n) is 7.11. The van der Waals surface area contributed by atoms with Gasteiger partial charge < -0.3 is 10.4 Å². The lowest BCUT2D eigenvalue weighted by Crippen LogP contribution is -2.33. The van der Waals surface area contributed by atoms with Crippen LogP contribution in [0.2, 0.25) is 0 Å². The summed E-state index contributed by atoms with van der Waals surface area (Å²) in [5.74, 6) is 3.17. The summed E-state index contributed by atoms with van der Waals surface area (Å²) < 4.78 is 0. The van der Waals surface area contributed by atoms with Crippen LogP contribution in [0.15, 0.2) is 12.2 Å². The molecule has 2 nitrogen and oxygen atoms in total. The van der Waals surface area contributed by atoms with Gasteiger partial charge in [-0.05, 0) is 36.6 Å². The molecule has 3 rings (SSSR count). The third-order valence-corrected chi connectivity index (χ3v) is 3.97. The van der Waals surface area contributed by atoms with E-state index in [0.717, 1.165) is 30.2 Å². The summed E-state index contributed by atoms with van der Waals surface area (Å²) in [6.07, 6.45) is 6.10. The SMILES string of the molecule is OC[C@H]1NC[C@H]2[C@@H]1[C@H]1C=C[C@@H]2C1. The Morgan fingerprint density at radius 3 is 3.00 bits per heavy atom. The fourth-order valence-corrected chi connectivity index (χ4v) is 3.46. The first-order valence-electron chi connectivity index (χ1n) is 4.92. The van der Waals surface area contributed by atoms with Crippen LogP contribution in [0.25, 0.3) is 0 Å². The van der Waals surface area contributed by atoms with Crippen molar-refractivity contribution in [3.05, 3.63) is 12.2 Å². The molecule has 0 aromatic rings. The number of hydrogen-bond donors (Lipinski definition) is 2. The van der Waals surface area contributed by atoms with Crippen molar-refractivity contribution in [2.45, 2.75) is 12.5 Å². The largest absolute Gasteiger partial charge is 0.395 e. The van der Waals surface area contributed by atoms with Gasteiger partial charge in [-0.2, -0.15) is 0 Å². The highest BCUT2D eigenvalue weighted by Crippen LogP contribution is 2.51. The van der Waals surface area contributed by atoms with E-state index in [4.69, 9.17) is 5.11 Å². The van der Waals surface area contributed by atoms with Gasteiger partial charge in [0.15, 0.2) is 0 Å². The third kappa shape index (κ3) is 0.723. The zero-order chi connectivity index (χ0) is 8.13. The number of hydrogen-bond acceptors (Lipinski definition) is 2. The highest BCUT2D eigenvalue weighted by atomic mass is 16.3. The van der Waals surface area contributed by atoms with Gasteiger partial charge in [0, 0.05) is 6.04 Å². The topological polar surface area (TPSA) is 32.3 Å². The normalized spacial score (nSPS) is 54.9. The highest BCUT2D eigenvalue weighted by molar-refractivity contribution is 5.18. The zero-order valence-corrected chi connectivity index (χ0v) is 7.11. The molecule has 2 bridgehead atoms. The number of rotatable bonds is 1. The van der Waals surface area contributed by atoms with Gasteiger partial charge in [-0.15, -0.1) is 0 Å². The lowest BCUT2D eigenvalue weighted by atomic mass is 9.82. The minimum Gasteiger partial charge on any atom is -0.395 e. The molecule has 2 N–H and O–H groups in total. The summed E-state index contributed by atoms with van der Waals surface area (Å²) in [6, 6.07) is 0.384. The molecule has 2 aliphatic carbocycles. The second kappa shape index (κ2) is 2.33. The highest BCUT2D eigenvalue weighted by Gasteiger charge is 2.50. The molecule has 5 atom stereocenters. The number of fused-ring (bicyclic) bond motifs is 5. The first-order chi connectivity index (χ1) is 5.90. The standard InChI is InChI=1S/C10H15NO/c12-5-9-10-7-2-1-6(3-7)8(10)4-11-9/h1-2,6-12H,3-5H2/t6-,7+,8-,9-,10+/m1/s1.